The van der Waals surface area contributed by atoms with Gasteiger partial charge in [0.2, 0.25) is 12.7 Å². The van der Waals surface area contributed by atoms with E-state index in [0.717, 1.165) is 5.56 Å². The van der Waals surface area contributed by atoms with Crippen LogP contribution >= 0.6 is 23.2 Å². The number of hydrogen-bond acceptors (Lipinski definition) is 3. The first-order valence-electron chi connectivity index (χ1n) is 6.45. The highest BCUT2D eigenvalue weighted by atomic mass is 35.5. The minimum Gasteiger partial charge on any atom is -0.454 e. The number of anilines is 1. The van der Waals surface area contributed by atoms with Gasteiger partial charge < -0.3 is 14.8 Å². The average molecular weight is 336 g/mol. The molecule has 0 saturated carbocycles. The van der Waals surface area contributed by atoms with E-state index in [9.17, 15) is 4.79 Å². The molecule has 1 aliphatic rings. The highest BCUT2D eigenvalue weighted by Crippen LogP contribution is 2.34. The fourth-order valence-electron chi connectivity index (χ4n) is 1.95. The second-order valence-corrected chi connectivity index (χ2v) is 5.38. The predicted molar refractivity (Wildman–Crippen MR) is 86.7 cm³/mol. The third-order valence-corrected chi connectivity index (χ3v) is 3.75. The van der Waals surface area contributed by atoms with E-state index in [0.29, 0.717) is 27.2 Å². The zero-order valence-electron chi connectivity index (χ0n) is 11.3. The van der Waals surface area contributed by atoms with Crippen LogP contribution in [0, 0.1) is 0 Å². The van der Waals surface area contributed by atoms with Crippen molar-refractivity contribution < 1.29 is 14.3 Å². The molecule has 112 valence electrons. The third-order valence-electron chi connectivity index (χ3n) is 3.01. The van der Waals surface area contributed by atoms with Gasteiger partial charge in [0.25, 0.3) is 0 Å². The van der Waals surface area contributed by atoms with E-state index in [1.807, 2.05) is 0 Å². The van der Waals surface area contributed by atoms with Gasteiger partial charge in [-0.3, -0.25) is 4.79 Å². The highest BCUT2D eigenvalue weighted by molar-refractivity contribution is 6.42. The molecule has 0 atom stereocenters. The lowest BCUT2D eigenvalue weighted by atomic mass is 10.2. The van der Waals surface area contributed by atoms with Crippen molar-refractivity contribution in [3.8, 4) is 11.5 Å². The fraction of sp³-hybridized carbons (Fsp3) is 0.0625. The summed E-state index contributed by atoms with van der Waals surface area (Å²) in [6.45, 7) is 0.198. The molecule has 22 heavy (non-hydrogen) atoms. The van der Waals surface area contributed by atoms with Gasteiger partial charge >= 0.3 is 0 Å². The summed E-state index contributed by atoms with van der Waals surface area (Å²) in [6, 6.07) is 10.4. The van der Waals surface area contributed by atoms with Crippen LogP contribution in [0.1, 0.15) is 5.56 Å². The summed E-state index contributed by atoms with van der Waals surface area (Å²) in [7, 11) is 0. The van der Waals surface area contributed by atoms with Crippen molar-refractivity contribution in [2.45, 2.75) is 0 Å². The van der Waals surface area contributed by atoms with Gasteiger partial charge in [-0.25, -0.2) is 0 Å². The molecule has 0 aromatic heterocycles. The Morgan fingerprint density at radius 3 is 2.68 bits per heavy atom. The van der Waals surface area contributed by atoms with Gasteiger partial charge in [0.15, 0.2) is 11.5 Å². The first-order chi connectivity index (χ1) is 10.6. The van der Waals surface area contributed by atoms with Crippen LogP contribution in [-0.4, -0.2) is 12.7 Å². The third kappa shape index (κ3) is 3.35. The molecule has 0 aliphatic carbocycles. The van der Waals surface area contributed by atoms with E-state index < -0.39 is 0 Å². The summed E-state index contributed by atoms with van der Waals surface area (Å²) in [5, 5.41) is 3.67. The van der Waals surface area contributed by atoms with E-state index in [-0.39, 0.29) is 12.7 Å². The molecule has 1 heterocycles. The summed E-state index contributed by atoms with van der Waals surface area (Å²) < 4.78 is 10.5. The Bertz CT molecular complexity index is 759. The number of fused-ring (bicyclic) bond motifs is 1. The standard InChI is InChI=1S/C16H11Cl2NO3/c17-12-4-1-10(7-13(12)18)2-6-16(20)19-11-3-5-14-15(8-11)22-9-21-14/h1-8H,9H2,(H,19,20)/b6-2+. The minimum atomic E-state index is -0.259. The summed E-state index contributed by atoms with van der Waals surface area (Å²) in [4.78, 5) is 11.9. The Kier molecular flexibility index (Phi) is 4.22. The lowest BCUT2D eigenvalue weighted by Gasteiger charge is -2.03. The van der Waals surface area contributed by atoms with E-state index >= 15 is 0 Å². The topological polar surface area (TPSA) is 47.6 Å². The van der Waals surface area contributed by atoms with Crippen LogP contribution in [0.5, 0.6) is 11.5 Å². The normalized spacial score (nSPS) is 12.6. The molecule has 0 fully saturated rings. The molecule has 0 radical (unpaired) electrons. The number of carbonyl (C=O) groups excluding carboxylic acids is 1. The molecule has 6 heteroatoms. The molecular formula is C16H11Cl2NO3. The number of halogens is 2. The molecule has 1 N–H and O–H groups in total. The number of amides is 1. The number of carbonyl (C=O) groups is 1. The van der Waals surface area contributed by atoms with E-state index in [4.69, 9.17) is 32.7 Å². The molecular weight excluding hydrogens is 325 g/mol. The van der Waals surface area contributed by atoms with Crippen molar-refractivity contribution in [1.82, 2.24) is 0 Å². The van der Waals surface area contributed by atoms with Gasteiger partial charge in [0.1, 0.15) is 0 Å². The Morgan fingerprint density at radius 2 is 1.86 bits per heavy atom. The maximum atomic E-state index is 11.9. The molecule has 3 rings (SSSR count). The summed E-state index contributed by atoms with van der Waals surface area (Å²) in [5.41, 5.74) is 1.42. The lowest BCUT2D eigenvalue weighted by molar-refractivity contribution is -0.111. The predicted octanol–water partition coefficient (Wildman–Crippen LogP) is 4.37. The Morgan fingerprint density at radius 1 is 1.05 bits per heavy atom. The maximum Gasteiger partial charge on any atom is 0.248 e. The van der Waals surface area contributed by atoms with Gasteiger partial charge in [-0.2, -0.15) is 0 Å². The largest absolute Gasteiger partial charge is 0.454 e. The van der Waals surface area contributed by atoms with Crippen molar-refractivity contribution in [2.24, 2.45) is 0 Å². The summed E-state index contributed by atoms with van der Waals surface area (Å²) in [5.74, 6) is 1.03. The molecule has 1 aliphatic heterocycles. The second kappa shape index (κ2) is 6.30. The zero-order valence-corrected chi connectivity index (χ0v) is 12.8. The van der Waals surface area contributed by atoms with Crippen LogP contribution in [0.2, 0.25) is 10.0 Å². The lowest BCUT2D eigenvalue weighted by Crippen LogP contribution is -2.07. The van der Waals surface area contributed by atoms with Crippen molar-refractivity contribution >= 4 is 40.9 Å². The molecule has 0 spiro atoms. The molecule has 0 unspecified atom stereocenters. The number of ether oxygens (including phenoxy) is 2. The monoisotopic (exact) mass is 335 g/mol. The molecule has 4 nitrogen and oxygen atoms in total. The Labute approximate surface area is 137 Å². The molecule has 2 aromatic rings. The van der Waals surface area contributed by atoms with Crippen molar-refractivity contribution in [2.75, 3.05) is 12.1 Å². The van der Waals surface area contributed by atoms with Gasteiger partial charge in [-0.1, -0.05) is 29.3 Å². The van der Waals surface area contributed by atoms with E-state index in [1.54, 1.807) is 42.5 Å². The van der Waals surface area contributed by atoms with Crippen molar-refractivity contribution in [1.29, 1.82) is 0 Å². The zero-order chi connectivity index (χ0) is 15.5. The highest BCUT2D eigenvalue weighted by Gasteiger charge is 2.13. The van der Waals surface area contributed by atoms with Gasteiger partial charge in [-0.05, 0) is 35.9 Å². The molecule has 0 saturated heterocycles. The van der Waals surface area contributed by atoms with Crippen LogP contribution in [0.25, 0.3) is 6.08 Å². The van der Waals surface area contributed by atoms with Crippen molar-refractivity contribution in [3.05, 3.63) is 58.1 Å². The molecule has 0 bridgehead atoms. The Balaban J connectivity index is 1.67. The Hall–Kier alpha value is -2.17. The first-order valence-corrected chi connectivity index (χ1v) is 7.21. The SMILES string of the molecule is O=C(/C=C/c1ccc(Cl)c(Cl)c1)Nc1ccc2c(c1)OCO2. The van der Waals surface area contributed by atoms with Gasteiger partial charge in [0.05, 0.1) is 10.0 Å². The van der Waals surface area contributed by atoms with Crippen molar-refractivity contribution in [3.63, 3.8) is 0 Å². The van der Waals surface area contributed by atoms with Crippen LogP contribution in [0.15, 0.2) is 42.5 Å². The van der Waals surface area contributed by atoms with Crippen LogP contribution in [0.3, 0.4) is 0 Å². The number of benzene rings is 2. The van der Waals surface area contributed by atoms with Crippen LogP contribution in [0.4, 0.5) is 5.69 Å². The quantitative estimate of drug-likeness (QED) is 0.847. The van der Waals surface area contributed by atoms with Gasteiger partial charge in [0, 0.05) is 17.8 Å². The van der Waals surface area contributed by atoms with Gasteiger partial charge in [-0.15, -0.1) is 0 Å². The smallest absolute Gasteiger partial charge is 0.248 e. The second-order valence-electron chi connectivity index (χ2n) is 4.56. The molecule has 2 aromatic carbocycles. The molecule has 1 amide bonds. The number of rotatable bonds is 3. The van der Waals surface area contributed by atoms with E-state index in [1.165, 1.54) is 6.08 Å². The number of nitrogens with one attached hydrogen (secondary N) is 1. The number of hydrogen-bond donors (Lipinski definition) is 1. The van der Waals surface area contributed by atoms with Crippen LogP contribution in [-0.2, 0) is 4.79 Å². The average Bonchev–Trinajstić information content (AvgIpc) is 2.96. The minimum absolute atomic E-state index is 0.198. The summed E-state index contributed by atoms with van der Waals surface area (Å²) in [6.07, 6.45) is 3.08. The van der Waals surface area contributed by atoms with Crippen LogP contribution < -0.4 is 14.8 Å². The van der Waals surface area contributed by atoms with E-state index in [2.05, 4.69) is 5.32 Å². The first kappa shape index (κ1) is 14.8. The maximum absolute atomic E-state index is 11.9. The fourth-order valence-corrected chi connectivity index (χ4v) is 2.25. The summed E-state index contributed by atoms with van der Waals surface area (Å²) >= 11 is 11.8.